The van der Waals surface area contributed by atoms with Crippen LogP contribution in [-0.2, 0) is 14.3 Å². The molecule has 0 aliphatic heterocycles. The van der Waals surface area contributed by atoms with E-state index in [9.17, 15) is 9.59 Å². The van der Waals surface area contributed by atoms with E-state index in [1.807, 2.05) is 6.07 Å². The van der Waals surface area contributed by atoms with E-state index >= 15 is 0 Å². The van der Waals surface area contributed by atoms with Crippen molar-refractivity contribution in [3.05, 3.63) is 29.8 Å². The number of carbonyl (C=O) groups is 2. The van der Waals surface area contributed by atoms with E-state index in [-0.39, 0.29) is 25.0 Å². The second-order valence-corrected chi connectivity index (χ2v) is 4.22. The maximum absolute atomic E-state index is 11.8. The number of nitriles is 1. The Morgan fingerprint density at radius 1 is 1.40 bits per heavy atom. The lowest BCUT2D eigenvalue weighted by Crippen LogP contribution is -2.34. The van der Waals surface area contributed by atoms with Crippen LogP contribution >= 0.6 is 0 Å². The van der Waals surface area contributed by atoms with Gasteiger partial charge in [-0.05, 0) is 32.2 Å². The van der Waals surface area contributed by atoms with Crippen LogP contribution in [0.1, 0.15) is 12.5 Å². The van der Waals surface area contributed by atoms with Gasteiger partial charge in [0.1, 0.15) is 0 Å². The molecule has 0 unspecified atom stereocenters. The fourth-order valence-corrected chi connectivity index (χ4v) is 1.60. The molecule has 0 aliphatic carbocycles. The molecule has 1 aromatic carbocycles. The number of esters is 1. The number of nitrogens with one attached hydrogen (secondary N) is 1. The Morgan fingerprint density at radius 3 is 2.80 bits per heavy atom. The first kappa shape index (κ1) is 15.7. The molecule has 6 nitrogen and oxygen atoms in total. The molecular formula is C14H17N3O3. The van der Waals surface area contributed by atoms with Crippen molar-refractivity contribution >= 4 is 17.6 Å². The molecule has 0 heterocycles. The number of ether oxygens (including phenoxy) is 1. The Labute approximate surface area is 117 Å². The summed E-state index contributed by atoms with van der Waals surface area (Å²) >= 11 is 0. The molecule has 1 aromatic rings. The number of likely N-dealkylation sites (N-methyl/N-ethyl adjacent to an activating group) is 1. The van der Waals surface area contributed by atoms with Crippen molar-refractivity contribution in [2.24, 2.45) is 0 Å². The number of carbonyl (C=O) groups excluding carboxylic acids is 2. The van der Waals surface area contributed by atoms with E-state index in [0.717, 1.165) is 0 Å². The van der Waals surface area contributed by atoms with Crippen molar-refractivity contribution in [2.75, 3.05) is 32.1 Å². The minimum atomic E-state index is -0.366. The van der Waals surface area contributed by atoms with Crippen LogP contribution in [0.2, 0.25) is 0 Å². The smallest absolute Gasteiger partial charge is 0.320 e. The Kier molecular flexibility index (Phi) is 6.20. The summed E-state index contributed by atoms with van der Waals surface area (Å²) in [7, 11) is 1.65. The van der Waals surface area contributed by atoms with Crippen LogP contribution in [0.5, 0.6) is 0 Å². The van der Waals surface area contributed by atoms with E-state index in [1.54, 1.807) is 43.1 Å². The van der Waals surface area contributed by atoms with Crippen molar-refractivity contribution in [3.8, 4) is 6.07 Å². The number of hydrogen-bond donors (Lipinski definition) is 1. The Morgan fingerprint density at radius 2 is 2.15 bits per heavy atom. The van der Waals surface area contributed by atoms with Crippen LogP contribution in [0.25, 0.3) is 0 Å². The zero-order chi connectivity index (χ0) is 15.0. The zero-order valence-electron chi connectivity index (χ0n) is 11.5. The molecule has 0 fully saturated rings. The summed E-state index contributed by atoms with van der Waals surface area (Å²) < 4.78 is 4.79. The predicted octanol–water partition coefficient (Wildman–Crippen LogP) is 0.992. The van der Waals surface area contributed by atoms with Gasteiger partial charge in [0.15, 0.2) is 0 Å². The highest BCUT2D eigenvalue weighted by molar-refractivity contribution is 5.92. The van der Waals surface area contributed by atoms with Crippen molar-refractivity contribution in [1.82, 2.24) is 4.90 Å². The third kappa shape index (κ3) is 5.50. The monoisotopic (exact) mass is 275 g/mol. The van der Waals surface area contributed by atoms with Crippen LogP contribution in [0.4, 0.5) is 5.69 Å². The minimum absolute atomic E-state index is 0.0551. The first-order chi connectivity index (χ1) is 9.55. The van der Waals surface area contributed by atoms with E-state index in [0.29, 0.717) is 17.9 Å². The summed E-state index contributed by atoms with van der Waals surface area (Å²) in [6, 6.07) is 8.63. The third-order valence-electron chi connectivity index (χ3n) is 2.39. The van der Waals surface area contributed by atoms with Gasteiger partial charge in [-0.15, -0.1) is 0 Å². The standard InChI is InChI=1S/C14H17N3O3/c1-3-20-14(19)10-17(2)9-13(18)16-12-6-4-5-11(7-12)8-15/h4-7H,3,9-10H2,1-2H3,(H,16,18). The number of rotatable bonds is 6. The van der Waals surface area contributed by atoms with Gasteiger partial charge in [-0.3, -0.25) is 14.5 Å². The summed E-state index contributed by atoms with van der Waals surface area (Å²) in [4.78, 5) is 24.6. The van der Waals surface area contributed by atoms with Gasteiger partial charge in [0.2, 0.25) is 5.91 Å². The van der Waals surface area contributed by atoms with E-state index in [2.05, 4.69) is 5.32 Å². The van der Waals surface area contributed by atoms with Crippen LogP contribution in [-0.4, -0.2) is 43.5 Å². The molecule has 0 saturated carbocycles. The van der Waals surface area contributed by atoms with E-state index < -0.39 is 0 Å². The van der Waals surface area contributed by atoms with Crippen molar-refractivity contribution in [1.29, 1.82) is 5.26 Å². The average molecular weight is 275 g/mol. The Balaban J connectivity index is 2.47. The predicted molar refractivity (Wildman–Crippen MR) is 73.9 cm³/mol. The highest BCUT2D eigenvalue weighted by Crippen LogP contribution is 2.09. The van der Waals surface area contributed by atoms with Gasteiger partial charge in [0, 0.05) is 5.69 Å². The number of nitrogens with zero attached hydrogens (tertiary/aromatic N) is 2. The van der Waals surface area contributed by atoms with Crippen molar-refractivity contribution in [2.45, 2.75) is 6.92 Å². The first-order valence-corrected chi connectivity index (χ1v) is 6.19. The van der Waals surface area contributed by atoms with Crippen molar-refractivity contribution < 1.29 is 14.3 Å². The SMILES string of the molecule is CCOC(=O)CN(C)CC(=O)Nc1cccc(C#N)c1. The summed E-state index contributed by atoms with van der Waals surface area (Å²) in [5.74, 6) is -0.624. The quantitative estimate of drug-likeness (QED) is 0.783. The van der Waals surface area contributed by atoms with Gasteiger partial charge in [-0.2, -0.15) is 5.26 Å². The average Bonchev–Trinajstić information content (AvgIpc) is 2.38. The molecule has 0 saturated heterocycles. The van der Waals surface area contributed by atoms with Crippen LogP contribution in [0, 0.1) is 11.3 Å². The molecule has 1 amide bonds. The van der Waals surface area contributed by atoms with Gasteiger partial charge in [0.25, 0.3) is 0 Å². The summed E-state index contributed by atoms with van der Waals surface area (Å²) in [5.41, 5.74) is 1.03. The van der Waals surface area contributed by atoms with Crippen LogP contribution in [0.15, 0.2) is 24.3 Å². The molecule has 0 bridgehead atoms. The lowest BCUT2D eigenvalue weighted by Gasteiger charge is -2.15. The topological polar surface area (TPSA) is 82.4 Å². The molecule has 0 radical (unpaired) electrons. The lowest BCUT2D eigenvalue weighted by molar-refractivity contribution is -0.144. The van der Waals surface area contributed by atoms with Crippen LogP contribution in [0.3, 0.4) is 0 Å². The van der Waals surface area contributed by atoms with Gasteiger partial charge in [-0.25, -0.2) is 0 Å². The number of hydrogen-bond acceptors (Lipinski definition) is 5. The second kappa shape index (κ2) is 7.92. The Bertz CT molecular complexity index is 523. The number of anilines is 1. The first-order valence-electron chi connectivity index (χ1n) is 6.19. The molecule has 20 heavy (non-hydrogen) atoms. The summed E-state index contributed by atoms with van der Waals surface area (Å²) in [6.45, 7) is 2.17. The molecule has 0 atom stereocenters. The molecule has 0 spiro atoms. The normalized spacial score (nSPS) is 9.90. The fourth-order valence-electron chi connectivity index (χ4n) is 1.60. The maximum Gasteiger partial charge on any atom is 0.320 e. The second-order valence-electron chi connectivity index (χ2n) is 4.22. The van der Waals surface area contributed by atoms with Gasteiger partial charge < -0.3 is 10.1 Å². The van der Waals surface area contributed by atoms with Gasteiger partial charge >= 0.3 is 5.97 Å². The molecule has 6 heteroatoms. The molecule has 1 rings (SSSR count). The fraction of sp³-hybridized carbons (Fsp3) is 0.357. The van der Waals surface area contributed by atoms with Gasteiger partial charge in [-0.1, -0.05) is 6.07 Å². The number of amides is 1. The molecular weight excluding hydrogens is 258 g/mol. The molecule has 106 valence electrons. The van der Waals surface area contributed by atoms with Crippen LogP contribution < -0.4 is 5.32 Å². The number of benzene rings is 1. The minimum Gasteiger partial charge on any atom is -0.465 e. The van der Waals surface area contributed by atoms with Crippen molar-refractivity contribution in [3.63, 3.8) is 0 Å². The highest BCUT2D eigenvalue weighted by Gasteiger charge is 2.11. The van der Waals surface area contributed by atoms with Gasteiger partial charge in [0.05, 0.1) is 31.3 Å². The summed E-state index contributed by atoms with van der Waals surface area (Å²) in [5, 5.41) is 11.4. The highest BCUT2D eigenvalue weighted by atomic mass is 16.5. The molecule has 0 aromatic heterocycles. The molecule has 0 aliphatic rings. The van der Waals surface area contributed by atoms with E-state index in [4.69, 9.17) is 10.00 Å². The Hall–Kier alpha value is -2.39. The maximum atomic E-state index is 11.8. The lowest BCUT2D eigenvalue weighted by atomic mass is 10.2. The summed E-state index contributed by atoms with van der Waals surface area (Å²) in [6.07, 6.45) is 0. The molecule has 1 N–H and O–H groups in total. The largest absolute Gasteiger partial charge is 0.465 e. The zero-order valence-corrected chi connectivity index (χ0v) is 11.5. The van der Waals surface area contributed by atoms with E-state index in [1.165, 1.54) is 0 Å². The third-order valence-corrected chi connectivity index (χ3v) is 2.39.